The second kappa shape index (κ2) is 4.91. The Morgan fingerprint density at radius 3 is 2.71 bits per heavy atom. The van der Waals surface area contributed by atoms with Gasteiger partial charge in [-0.3, -0.25) is 0 Å². The number of hydrogen-bond donors (Lipinski definition) is 0. The molecule has 0 radical (unpaired) electrons. The number of ether oxygens (including phenoxy) is 1. The number of nitriles is 1. The second-order valence-electron chi connectivity index (χ2n) is 2.46. The lowest BCUT2D eigenvalue weighted by atomic mass is 10.2. The van der Waals surface area contributed by atoms with Crippen LogP contribution in [0.3, 0.4) is 0 Å². The molecule has 1 aromatic carbocycles. The average Bonchev–Trinajstić information content (AvgIpc) is 2.15. The summed E-state index contributed by atoms with van der Waals surface area (Å²) in [7, 11) is 0. The first-order valence-corrected chi connectivity index (χ1v) is 4.53. The zero-order valence-electron chi connectivity index (χ0n) is 7.01. The van der Waals surface area contributed by atoms with Crippen LogP contribution in [-0.4, -0.2) is 13.0 Å². The van der Waals surface area contributed by atoms with Crippen molar-refractivity contribution < 1.29 is 13.5 Å². The van der Waals surface area contributed by atoms with Gasteiger partial charge in [-0.15, -0.1) is 0 Å². The van der Waals surface area contributed by atoms with Crippen molar-refractivity contribution in [3.05, 3.63) is 28.2 Å². The van der Waals surface area contributed by atoms with Crippen molar-refractivity contribution in [2.24, 2.45) is 0 Å². The van der Waals surface area contributed by atoms with Crippen molar-refractivity contribution in [1.82, 2.24) is 0 Å². The molecule has 0 atom stereocenters. The third kappa shape index (κ3) is 2.96. The smallest absolute Gasteiger partial charge is 0.272 e. The summed E-state index contributed by atoms with van der Waals surface area (Å²) in [4.78, 5) is 0. The Balaban J connectivity index is 2.75. The molecule has 0 aliphatic heterocycles. The van der Waals surface area contributed by atoms with Crippen LogP contribution in [0.4, 0.5) is 8.78 Å². The molecule has 14 heavy (non-hydrogen) atoms. The van der Waals surface area contributed by atoms with Crippen LogP contribution in [0.1, 0.15) is 5.56 Å². The van der Waals surface area contributed by atoms with E-state index in [0.29, 0.717) is 15.8 Å². The molecule has 0 aliphatic carbocycles. The predicted molar refractivity (Wildman–Crippen MR) is 50.4 cm³/mol. The molecule has 1 aromatic rings. The van der Waals surface area contributed by atoms with Gasteiger partial charge in [0.2, 0.25) is 0 Å². The van der Waals surface area contributed by atoms with Gasteiger partial charge in [0.05, 0.1) is 16.1 Å². The van der Waals surface area contributed by atoms with Crippen molar-refractivity contribution in [3.8, 4) is 11.8 Å². The topological polar surface area (TPSA) is 33.0 Å². The lowest BCUT2D eigenvalue weighted by Gasteiger charge is -2.06. The van der Waals surface area contributed by atoms with E-state index in [4.69, 9.17) is 10.00 Å². The number of halogens is 3. The number of alkyl halides is 2. The monoisotopic (exact) mass is 261 g/mol. The van der Waals surface area contributed by atoms with Crippen LogP contribution in [0, 0.1) is 11.3 Å². The van der Waals surface area contributed by atoms with Gasteiger partial charge in [0.1, 0.15) is 12.4 Å². The number of rotatable bonds is 3. The highest BCUT2D eigenvalue weighted by Crippen LogP contribution is 2.25. The van der Waals surface area contributed by atoms with Crippen LogP contribution in [0.5, 0.6) is 5.75 Å². The maximum absolute atomic E-state index is 11.8. The van der Waals surface area contributed by atoms with E-state index in [9.17, 15) is 8.78 Å². The van der Waals surface area contributed by atoms with Crippen LogP contribution in [0.15, 0.2) is 22.7 Å². The van der Waals surface area contributed by atoms with Crippen LogP contribution in [0.25, 0.3) is 0 Å². The molecule has 0 unspecified atom stereocenters. The van der Waals surface area contributed by atoms with E-state index >= 15 is 0 Å². The zero-order chi connectivity index (χ0) is 10.6. The maximum atomic E-state index is 11.8. The summed E-state index contributed by atoms with van der Waals surface area (Å²) in [5, 5.41) is 8.54. The van der Waals surface area contributed by atoms with E-state index in [0.717, 1.165) is 0 Å². The second-order valence-corrected chi connectivity index (χ2v) is 3.31. The Bertz CT molecular complexity index is 362. The molecule has 0 aromatic heterocycles. The molecule has 1 rings (SSSR count). The van der Waals surface area contributed by atoms with E-state index in [-0.39, 0.29) is 0 Å². The lowest BCUT2D eigenvalue weighted by Crippen LogP contribution is -2.07. The Hall–Kier alpha value is -1.15. The van der Waals surface area contributed by atoms with Crippen molar-refractivity contribution in [1.29, 1.82) is 5.26 Å². The van der Waals surface area contributed by atoms with E-state index < -0.39 is 13.0 Å². The number of benzene rings is 1. The third-order valence-corrected chi connectivity index (χ3v) is 2.05. The SMILES string of the molecule is N#Cc1ccc(OCC(F)F)c(Br)c1. The summed E-state index contributed by atoms with van der Waals surface area (Å²) in [6, 6.07) is 6.42. The normalized spacial score (nSPS) is 9.93. The Morgan fingerprint density at radius 2 is 2.21 bits per heavy atom. The molecule has 0 bridgehead atoms. The Kier molecular flexibility index (Phi) is 3.84. The van der Waals surface area contributed by atoms with Crippen molar-refractivity contribution in [2.75, 3.05) is 6.61 Å². The van der Waals surface area contributed by atoms with Crippen LogP contribution in [0.2, 0.25) is 0 Å². The third-order valence-electron chi connectivity index (χ3n) is 1.43. The molecule has 0 saturated heterocycles. The van der Waals surface area contributed by atoms with E-state index in [1.807, 2.05) is 6.07 Å². The minimum absolute atomic E-state index is 0.310. The fourth-order valence-electron chi connectivity index (χ4n) is 0.840. The first-order chi connectivity index (χ1) is 6.63. The molecule has 0 heterocycles. The summed E-state index contributed by atoms with van der Waals surface area (Å²) < 4.78 is 28.9. The van der Waals surface area contributed by atoms with Gasteiger partial charge in [0, 0.05) is 0 Å². The van der Waals surface area contributed by atoms with Gasteiger partial charge in [0.15, 0.2) is 0 Å². The summed E-state index contributed by atoms with van der Waals surface area (Å²) in [6.07, 6.45) is -2.50. The maximum Gasteiger partial charge on any atom is 0.272 e. The minimum atomic E-state index is -2.50. The molecule has 0 saturated carbocycles. The van der Waals surface area contributed by atoms with E-state index in [2.05, 4.69) is 15.9 Å². The standard InChI is InChI=1S/C9H6BrF2NO/c10-7-3-6(4-13)1-2-8(7)14-5-9(11)12/h1-3,9H,5H2. The highest BCUT2D eigenvalue weighted by Gasteiger charge is 2.06. The lowest BCUT2D eigenvalue weighted by molar-refractivity contribution is 0.0815. The quantitative estimate of drug-likeness (QED) is 0.838. The summed E-state index contributed by atoms with van der Waals surface area (Å²) >= 11 is 3.12. The zero-order valence-corrected chi connectivity index (χ0v) is 8.59. The first kappa shape index (κ1) is 10.9. The van der Waals surface area contributed by atoms with Gasteiger partial charge < -0.3 is 4.74 Å². The average molecular weight is 262 g/mol. The molecule has 0 N–H and O–H groups in total. The van der Waals surface area contributed by atoms with Crippen LogP contribution in [-0.2, 0) is 0 Å². The molecule has 5 heteroatoms. The number of nitrogens with zero attached hydrogens (tertiary/aromatic N) is 1. The Morgan fingerprint density at radius 1 is 1.50 bits per heavy atom. The summed E-state index contributed by atoms with van der Waals surface area (Å²) in [5.41, 5.74) is 0.446. The minimum Gasteiger partial charge on any atom is -0.486 e. The predicted octanol–water partition coefficient (Wildman–Crippen LogP) is 2.96. The molecule has 74 valence electrons. The first-order valence-electron chi connectivity index (χ1n) is 3.74. The van der Waals surface area contributed by atoms with Gasteiger partial charge in [-0.25, -0.2) is 8.78 Å². The van der Waals surface area contributed by atoms with Crippen molar-refractivity contribution >= 4 is 15.9 Å². The highest BCUT2D eigenvalue weighted by molar-refractivity contribution is 9.10. The molecular weight excluding hydrogens is 256 g/mol. The molecule has 0 fully saturated rings. The molecule has 2 nitrogen and oxygen atoms in total. The Labute approximate surface area is 88.2 Å². The molecule has 0 spiro atoms. The van der Waals surface area contributed by atoms with Crippen LogP contribution < -0.4 is 4.74 Å². The molecular formula is C9H6BrF2NO. The van der Waals surface area contributed by atoms with Crippen molar-refractivity contribution in [3.63, 3.8) is 0 Å². The van der Waals surface area contributed by atoms with Gasteiger partial charge >= 0.3 is 0 Å². The fraction of sp³-hybridized carbons (Fsp3) is 0.222. The van der Waals surface area contributed by atoms with E-state index in [1.165, 1.54) is 18.2 Å². The van der Waals surface area contributed by atoms with Gasteiger partial charge in [-0.1, -0.05) is 0 Å². The highest BCUT2D eigenvalue weighted by atomic mass is 79.9. The summed E-state index contributed by atoms with van der Waals surface area (Å²) in [6.45, 7) is -0.648. The van der Waals surface area contributed by atoms with Gasteiger partial charge in [0.25, 0.3) is 6.43 Å². The van der Waals surface area contributed by atoms with Crippen LogP contribution >= 0.6 is 15.9 Å². The van der Waals surface area contributed by atoms with Gasteiger partial charge in [-0.2, -0.15) is 5.26 Å². The van der Waals surface area contributed by atoms with Gasteiger partial charge in [-0.05, 0) is 34.1 Å². The number of hydrogen-bond acceptors (Lipinski definition) is 2. The fourth-order valence-corrected chi connectivity index (χ4v) is 1.33. The molecule has 0 amide bonds. The largest absolute Gasteiger partial charge is 0.486 e. The summed E-state index contributed by atoms with van der Waals surface area (Å²) in [5.74, 6) is 0.310. The molecule has 0 aliphatic rings. The van der Waals surface area contributed by atoms with E-state index in [1.54, 1.807) is 0 Å². The van der Waals surface area contributed by atoms with Crippen molar-refractivity contribution in [2.45, 2.75) is 6.43 Å².